The zero-order valence-electron chi connectivity index (χ0n) is 14.3. The zero-order chi connectivity index (χ0) is 18.3. The van der Waals surface area contributed by atoms with Crippen LogP contribution < -0.4 is 5.69 Å². The lowest BCUT2D eigenvalue weighted by atomic mass is 9.87. The van der Waals surface area contributed by atoms with Crippen LogP contribution in [0.3, 0.4) is 0 Å². The highest BCUT2D eigenvalue weighted by atomic mass is 19.1. The van der Waals surface area contributed by atoms with Crippen LogP contribution in [0.5, 0.6) is 0 Å². The van der Waals surface area contributed by atoms with E-state index >= 15 is 0 Å². The molecule has 1 unspecified atom stereocenters. The van der Waals surface area contributed by atoms with Crippen LogP contribution in [-0.4, -0.2) is 26.9 Å². The van der Waals surface area contributed by atoms with Gasteiger partial charge in [0.15, 0.2) is 0 Å². The third-order valence-corrected chi connectivity index (χ3v) is 4.75. The van der Waals surface area contributed by atoms with Crippen molar-refractivity contribution in [1.29, 1.82) is 0 Å². The number of halogens is 1. The molecule has 4 rings (SSSR count). The third kappa shape index (κ3) is 2.79. The van der Waals surface area contributed by atoms with Gasteiger partial charge in [-0.25, -0.2) is 14.2 Å². The Hall–Kier alpha value is -2.96. The first-order valence-electron chi connectivity index (χ1n) is 8.62. The summed E-state index contributed by atoms with van der Waals surface area (Å²) in [5.74, 6) is -0.830. The highest BCUT2D eigenvalue weighted by molar-refractivity contribution is 5.74. The van der Waals surface area contributed by atoms with Crippen LogP contribution >= 0.6 is 0 Å². The molecule has 6 nitrogen and oxygen atoms in total. The Labute approximate surface area is 148 Å². The van der Waals surface area contributed by atoms with Crippen molar-refractivity contribution in [2.75, 3.05) is 6.61 Å². The average Bonchev–Trinajstić information content (AvgIpc) is 3.08. The summed E-state index contributed by atoms with van der Waals surface area (Å²) in [5.41, 5.74) is 2.98. The number of aromatic amines is 1. The fraction of sp³-hybridized carbons (Fsp3) is 0.316. The maximum atomic E-state index is 13.5. The molecule has 1 N–H and O–H groups in total. The number of rotatable bonds is 3. The quantitative estimate of drug-likeness (QED) is 0.733. The number of H-pyrrole nitrogens is 1. The summed E-state index contributed by atoms with van der Waals surface area (Å²) in [6.45, 7) is 2.13. The van der Waals surface area contributed by atoms with Gasteiger partial charge in [-0.1, -0.05) is 12.1 Å². The minimum Gasteiger partial charge on any atom is -0.466 e. The number of benzene rings is 1. The molecule has 0 radical (unpaired) electrons. The average molecular weight is 355 g/mol. The zero-order valence-corrected chi connectivity index (χ0v) is 14.3. The Bertz CT molecular complexity index is 1050. The van der Waals surface area contributed by atoms with Crippen molar-refractivity contribution < 1.29 is 13.9 Å². The second kappa shape index (κ2) is 6.40. The van der Waals surface area contributed by atoms with Crippen molar-refractivity contribution >= 4 is 11.6 Å². The van der Waals surface area contributed by atoms with E-state index in [2.05, 4.69) is 9.97 Å². The number of ether oxygens (including phenoxy) is 1. The van der Waals surface area contributed by atoms with Gasteiger partial charge in [0.05, 0.1) is 18.2 Å². The Balaban J connectivity index is 1.81. The normalized spacial score (nSPS) is 16.5. The van der Waals surface area contributed by atoms with Gasteiger partial charge >= 0.3 is 11.7 Å². The molecule has 0 bridgehead atoms. The molecule has 0 saturated heterocycles. The predicted octanol–water partition coefficient (Wildman–Crippen LogP) is 2.50. The minimum atomic E-state index is -0.363. The first kappa shape index (κ1) is 16.5. The topological polar surface area (TPSA) is 76.5 Å². The van der Waals surface area contributed by atoms with Gasteiger partial charge < -0.3 is 9.72 Å². The number of hydrogen-bond donors (Lipinski definition) is 1. The minimum absolute atomic E-state index is 0.223. The molecule has 0 amide bonds. The summed E-state index contributed by atoms with van der Waals surface area (Å²) < 4.78 is 20.1. The lowest BCUT2D eigenvalue weighted by molar-refractivity contribution is -0.148. The lowest BCUT2D eigenvalue weighted by Gasteiger charge is -2.22. The molecule has 0 fully saturated rings. The molecule has 2 aromatic heterocycles. The summed E-state index contributed by atoms with van der Waals surface area (Å²) in [6.07, 6.45) is 3.29. The molecule has 2 heterocycles. The van der Waals surface area contributed by atoms with E-state index in [0.29, 0.717) is 42.8 Å². The van der Waals surface area contributed by atoms with Crippen molar-refractivity contribution in [2.24, 2.45) is 5.92 Å². The molecule has 134 valence electrons. The van der Waals surface area contributed by atoms with Crippen LogP contribution in [0.15, 0.2) is 35.3 Å². The summed E-state index contributed by atoms with van der Waals surface area (Å²) in [6, 6.07) is 6.08. The molecule has 0 aliphatic heterocycles. The number of aromatic nitrogens is 3. The Morgan fingerprint density at radius 3 is 3.08 bits per heavy atom. The van der Waals surface area contributed by atoms with Gasteiger partial charge in [-0.2, -0.15) is 0 Å². The number of nitrogens with one attached hydrogen (secondary N) is 1. The van der Waals surface area contributed by atoms with E-state index in [4.69, 9.17) is 4.74 Å². The van der Waals surface area contributed by atoms with Gasteiger partial charge in [0.25, 0.3) is 0 Å². The van der Waals surface area contributed by atoms with Crippen LogP contribution in [-0.2, 0) is 22.4 Å². The van der Waals surface area contributed by atoms with E-state index in [1.165, 1.54) is 16.5 Å². The van der Waals surface area contributed by atoms with Crippen LogP contribution in [0.1, 0.15) is 24.6 Å². The number of fused-ring (bicyclic) bond motifs is 3. The molecule has 0 saturated carbocycles. The van der Waals surface area contributed by atoms with Crippen molar-refractivity contribution in [3.63, 3.8) is 0 Å². The smallest absolute Gasteiger partial charge is 0.331 e. The standard InChI is InChI=1S/C19H18FN3O3/c1-2-26-18(24)12-6-7-15-14(9-12)17-21-16(10-23(17)19(25)22-15)11-4-3-5-13(20)8-11/h3-5,8,10,12H,2,6-7,9H2,1H3,(H,22,25). The number of carbonyl (C=O) groups is 1. The maximum Gasteiger partial charge on any atom is 0.331 e. The van der Waals surface area contributed by atoms with Gasteiger partial charge in [0.1, 0.15) is 11.5 Å². The van der Waals surface area contributed by atoms with Gasteiger partial charge in [-0.05, 0) is 38.3 Å². The van der Waals surface area contributed by atoms with E-state index in [1.54, 1.807) is 25.3 Å². The Kier molecular flexibility index (Phi) is 4.06. The lowest BCUT2D eigenvalue weighted by Crippen LogP contribution is -2.29. The SMILES string of the molecule is CCOC(=O)C1CCc2[nH]c(=O)n3cc(-c4cccc(F)c4)nc3c2C1. The van der Waals surface area contributed by atoms with Gasteiger partial charge in [-0.3, -0.25) is 9.20 Å². The molecule has 1 aliphatic carbocycles. The number of aryl methyl sites for hydroxylation is 1. The first-order chi connectivity index (χ1) is 12.6. The number of hydrogen-bond acceptors (Lipinski definition) is 4. The molecular formula is C19H18FN3O3. The van der Waals surface area contributed by atoms with E-state index in [1.807, 2.05) is 0 Å². The number of nitrogens with zero attached hydrogens (tertiary/aromatic N) is 2. The van der Waals surface area contributed by atoms with Gasteiger partial charge in [0, 0.05) is 23.0 Å². The van der Waals surface area contributed by atoms with E-state index in [9.17, 15) is 14.0 Å². The molecule has 26 heavy (non-hydrogen) atoms. The summed E-state index contributed by atoms with van der Waals surface area (Å²) in [7, 11) is 0. The fourth-order valence-electron chi connectivity index (χ4n) is 3.49. The summed E-state index contributed by atoms with van der Waals surface area (Å²) in [5, 5.41) is 0. The monoisotopic (exact) mass is 355 g/mol. The van der Waals surface area contributed by atoms with Crippen LogP contribution in [0.25, 0.3) is 16.9 Å². The molecule has 1 aliphatic rings. The van der Waals surface area contributed by atoms with Crippen molar-refractivity contribution in [3.05, 3.63) is 58.0 Å². The van der Waals surface area contributed by atoms with Gasteiger partial charge in [0.2, 0.25) is 0 Å². The molecule has 1 atom stereocenters. The molecule has 7 heteroatoms. The molecule has 0 spiro atoms. The number of esters is 1. The second-order valence-corrected chi connectivity index (χ2v) is 6.41. The number of carbonyl (C=O) groups excluding carboxylic acids is 1. The van der Waals surface area contributed by atoms with Gasteiger partial charge in [-0.15, -0.1) is 0 Å². The highest BCUT2D eigenvalue weighted by Gasteiger charge is 2.29. The highest BCUT2D eigenvalue weighted by Crippen LogP contribution is 2.29. The number of imidazole rings is 1. The molecular weight excluding hydrogens is 337 g/mol. The van der Waals surface area contributed by atoms with E-state index in [-0.39, 0.29) is 23.4 Å². The largest absolute Gasteiger partial charge is 0.466 e. The fourth-order valence-corrected chi connectivity index (χ4v) is 3.49. The first-order valence-corrected chi connectivity index (χ1v) is 8.62. The summed E-state index contributed by atoms with van der Waals surface area (Å²) in [4.78, 5) is 31.9. The van der Waals surface area contributed by atoms with Crippen LogP contribution in [0.4, 0.5) is 4.39 Å². The molecule has 1 aromatic carbocycles. The van der Waals surface area contributed by atoms with E-state index in [0.717, 1.165) is 11.3 Å². The van der Waals surface area contributed by atoms with Crippen molar-refractivity contribution in [1.82, 2.24) is 14.4 Å². The second-order valence-electron chi connectivity index (χ2n) is 6.41. The maximum absolute atomic E-state index is 13.5. The predicted molar refractivity (Wildman–Crippen MR) is 93.4 cm³/mol. The molecule has 3 aromatic rings. The van der Waals surface area contributed by atoms with Crippen molar-refractivity contribution in [3.8, 4) is 11.3 Å². The Morgan fingerprint density at radius 1 is 1.46 bits per heavy atom. The van der Waals surface area contributed by atoms with Crippen molar-refractivity contribution in [2.45, 2.75) is 26.2 Å². The van der Waals surface area contributed by atoms with E-state index < -0.39 is 0 Å². The summed E-state index contributed by atoms with van der Waals surface area (Å²) >= 11 is 0. The van der Waals surface area contributed by atoms with Crippen LogP contribution in [0, 0.1) is 11.7 Å². The van der Waals surface area contributed by atoms with Crippen LogP contribution in [0.2, 0.25) is 0 Å². The Morgan fingerprint density at radius 2 is 2.31 bits per heavy atom. The third-order valence-electron chi connectivity index (χ3n) is 4.75.